The number of ether oxygens (including phenoxy) is 3. The molecule has 0 fully saturated rings. The quantitative estimate of drug-likeness (QED) is 0.808. The SMILES string of the molecule is COc1cc(CC(N)C(=O)O)cc2c1OCCO2. The average molecular weight is 253 g/mol. The van der Waals surface area contributed by atoms with Crippen molar-refractivity contribution in [2.24, 2.45) is 5.73 Å². The molecule has 1 atom stereocenters. The van der Waals surface area contributed by atoms with Crippen molar-refractivity contribution in [3.8, 4) is 17.2 Å². The molecule has 6 nitrogen and oxygen atoms in total. The van der Waals surface area contributed by atoms with Crippen LogP contribution in [0, 0.1) is 0 Å². The fraction of sp³-hybridized carbons (Fsp3) is 0.417. The van der Waals surface area contributed by atoms with Gasteiger partial charge in [0.25, 0.3) is 0 Å². The number of carboxylic acids is 1. The molecule has 0 aromatic heterocycles. The van der Waals surface area contributed by atoms with Crippen LogP contribution in [0.15, 0.2) is 12.1 Å². The lowest BCUT2D eigenvalue weighted by atomic mass is 10.1. The number of fused-ring (bicyclic) bond motifs is 1. The predicted molar refractivity (Wildman–Crippen MR) is 63.3 cm³/mol. The molecule has 0 aliphatic carbocycles. The highest BCUT2D eigenvalue weighted by molar-refractivity contribution is 5.73. The van der Waals surface area contributed by atoms with E-state index in [4.69, 9.17) is 25.1 Å². The summed E-state index contributed by atoms with van der Waals surface area (Å²) in [4.78, 5) is 10.7. The van der Waals surface area contributed by atoms with Crippen molar-refractivity contribution < 1.29 is 24.1 Å². The van der Waals surface area contributed by atoms with E-state index in [0.29, 0.717) is 30.5 Å². The lowest BCUT2D eigenvalue weighted by Crippen LogP contribution is -2.32. The molecule has 3 N–H and O–H groups in total. The first-order valence-electron chi connectivity index (χ1n) is 5.56. The summed E-state index contributed by atoms with van der Waals surface area (Å²) in [6, 6.07) is 2.51. The van der Waals surface area contributed by atoms with E-state index in [-0.39, 0.29) is 6.42 Å². The Morgan fingerprint density at radius 3 is 2.89 bits per heavy atom. The number of carbonyl (C=O) groups is 1. The Hall–Kier alpha value is -1.95. The van der Waals surface area contributed by atoms with Gasteiger partial charge in [-0.3, -0.25) is 4.79 Å². The van der Waals surface area contributed by atoms with Crippen molar-refractivity contribution in [2.45, 2.75) is 12.5 Å². The Kier molecular flexibility index (Phi) is 3.57. The summed E-state index contributed by atoms with van der Waals surface area (Å²) >= 11 is 0. The van der Waals surface area contributed by atoms with E-state index in [1.165, 1.54) is 7.11 Å². The summed E-state index contributed by atoms with van der Waals surface area (Å²) in [5.74, 6) is 0.605. The molecular formula is C12H15NO5. The number of carboxylic acid groups (broad SMARTS) is 1. The Balaban J connectivity index is 2.29. The van der Waals surface area contributed by atoms with E-state index in [9.17, 15) is 4.79 Å². The number of hydrogen-bond acceptors (Lipinski definition) is 5. The van der Waals surface area contributed by atoms with Gasteiger partial charge in [0.1, 0.15) is 19.3 Å². The standard InChI is InChI=1S/C12H15NO5/c1-16-9-5-7(4-8(13)12(14)15)6-10-11(9)18-3-2-17-10/h5-6,8H,2-4,13H2,1H3,(H,14,15). The van der Waals surface area contributed by atoms with Crippen LogP contribution in [0.2, 0.25) is 0 Å². The second kappa shape index (κ2) is 5.14. The van der Waals surface area contributed by atoms with Crippen molar-refractivity contribution in [3.63, 3.8) is 0 Å². The van der Waals surface area contributed by atoms with Crippen LogP contribution in [0.4, 0.5) is 0 Å². The highest BCUT2D eigenvalue weighted by atomic mass is 16.6. The molecule has 0 amide bonds. The van der Waals surface area contributed by atoms with Gasteiger partial charge in [0.05, 0.1) is 7.11 Å². The molecule has 2 rings (SSSR count). The van der Waals surface area contributed by atoms with E-state index in [1.54, 1.807) is 12.1 Å². The van der Waals surface area contributed by atoms with Crippen molar-refractivity contribution in [1.29, 1.82) is 0 Å². The highest BCUT2D eigenvalue weighted by Gasteiger charge is 2.20. The van der Waals surface area contributed by atoms with Gasteiger partial charge < -0.3 is 25.1 Å². The maximum absolute atomic E-state index is 10.7. The molecule has 6 heteroatoms. The number of hydrogen-bond donors (Lipinski definition) is 2. The summed E-state index contributed by atoms with van der Waals surface area (Å²) < 4.78 is 16.1. The molecular weight excluding hydrogens is 238 g/mol. The van der Waals surface area contributed by atoms with Crippen LogP contribution < -0.4 is 19.9 Å². The van der Waals surface area contributed by atoms with Crippen LogP contribution in [0.1, 0.15) is 5.56 Å². The minimum atomic E-state index is -1.04. The molecule has 1 unspecified atom stereocenters. The average Bonchev–Trinajstić information content (AvgIpc) is 2.37. The number of nitrogens with two attached hydrogens (primary N) is 1. The van der Waals surface area contributed by atoms with E-state index >= 15 is 0 Å². The van der Waals surface area contributed by atoms with Crippen LogP contribution in [0.25, 0.3) is 0 Å². The number of aliphatic carboxylic acids is 1. The molecule has 0 spiro atoms. The second-order valence-electron chi connectivity index (χ2n) is 3.97. The first kappa shape index (κ1) is 12.5. The van der Waals surface area contributed by atoms with Gasteiger partial charge >= 0.3 is 5.97 Å². The minimum absolute atomic E-state index is 0.211. The summed E-state index contributed by atoms with van der Waals surface area (Å²) in [6.07, 6.45) is 0.211. The zero-order chi connectivity index (χ0) is 13.1. The van der Waals surface area contributed by atoms with Gasteiger partial charge in [-0.2, -0.15) is 0 Å². The zero-order valence-corrected chi connectivity index (χ0v) is 10.0. The monoisotopic (exact) mass is 253 g/mol. The van der Waals surface area contributed by atoms with Crippen molar-refractivity contribution in [1.82, 2.24) is 0 Å². The normalized spacial score (nSPS) is 15.0. The smallest absolute Gasteiger partial charge is 0.320 e. The molecule has 98 valence electrons. The largest absolute Gasteiger partial charge is 0.493 e. The fourth-order valence-electron chi connectivity index (χ4n) is 1.79. The molecule has 0 saturated heterocycles. The fourth-order valence-corrected chi connectivity index (χ4v) is 1.79. The lowest BCUT2D eigenvalue weighted by molar-refractivity contribution is -0.138. The maximum atomic E-state index is 10.7. The summed E-state index contributed by atoms with van der Waals surface area (Å²) in [7, 11) is 1.52. The third-order valence-electron chi connectivity index (χ3n) is 2.66. The second-order valence-corrected chi connectivity index (χ2v) is 3.97. The molecule has 0 radical (unpaired) electrons. The molecule has 1 heterocycles. The number of rotatable bonds is 4. The van der Waals surface area contributed by atoms with Crippen LogP contribution >= 0.6 is 0 Å². The van der Waals surface area contributed by atoms with Gasteiger partial charge in [0.15, 0.2) is 11.5 Å². The Morgan fingerprint density at radius 2 is 2.22 bits per heavy atom. The topological polar surface area (TPSA) is 91.0 Å². The van der Waals surface area contributed by atoms with Gasteiger partial charge in [-0.15, -0.1) is 0 Å². The van der Waals surface area contributed by atoms with Crippen molar-refractivity contribution in [3.05, 3.63) is 17.7 Å². The molecule has 0 bridgehead atoms. The van der Waals surface area contributed by atoms with Crippen molar-refractivity contribution in [2.75, 3.05) is 20.3 Å². The Labute approximate surface area is 104 Å². The molecule has 1 aromatic rings. The third-order valence-corrected chi connectivity index (χ3v) is 2.66. The van der Waals surface area contributed by atoms with E-state index in [2.05, 4.69) is 0 Å². The summed E-state index contributed by atoms with van der Waals surface area (Å²) in [6.45, 7) is 0.932. The zero-order valence-electron chi connectivity index (χ0n) is 10.0. The number of methoxy groups -OCH3 is 1. The van der Waals surface area contributed by atoms with Gasteiger partial charge in [0.2, 0.25) is 5.75 Å². The summed E-state index contributed by atoms with van der Waals surface area (Å²) in [5.41, 5.74) is 6.25. The van der Waals surface area contributed by atoms with Gasteiger partial charge in [0, 0.05) is 0 Å². The molecule has 1 aromatic carbocycles. The van der Waals surface area contributed by atoms with E-state index in [0.717, 1.165) is 5.56 Å². The van der Waals surface area contributed by atoms with Crippen LogP contribution in [0.5, 0.6) is 17.2 Å². The Morgan fingerprint density at radius 1 is 1.50 bits per heavy atom. The summed E-state index contributed by atoms with van der Waals surface area (Å²) in [5, 5.41) is 8.80. The Bertz CT molecular complexity index is 443. The van der Waals surface area contributed by atoms with E-state index in [1.807, 2.05) is 0 Å². The molecule has 1 aliphatic rings. The van der Waals surface area contributed by atoms with Gasteiger partial charge in [-0.1, -0.05) is 0 Å². The van der Waals surface area contributed by atoms with E-state index < -0.39 is 12.0 Å². The number of benzene rings is 1. The van der Waals surface area contributed by atoms with Gasteiger partial charge in [-0.05, 0) is 24.1 Å². The highest BCUT2D eigenvalue weighted by Crippen LogP contribution is 2.40. The minimum Gasteiger partial charge on any atom is -0.493 e. The van der Waals surface area contributed by atoms with Crippen LogP contribution in [-0.2, 0) is 11.2 Å². The first-order valence-corrected chi connectivity index (χ1v) is 5.56. The first-order chi connectivity index (χ1) is 8.61. The predicted octanol–water partition coefficient (Wildman–Crippen LogP) is 0.421. The van der Waals surface area contributed by atoms with Crippen LogP contribution in [-0.4, -0.2) is 37.4 Å². The van der Waals surface area contributed by atoms with Crippen LogP contribution in [0.3, 0.4) is 0 Å². The van der Waals surface area contributed by atoms with Gasteiger partial charge in [-0.25, -0.2) is 0 Å². The molecule has 1 aliphatic heterocycles. The molecule has 0 saturated carbocycles. The molecule has 18 heavy (non-hydrogen) atoms. The third kappa shape index (κ3) is 2.48. The maximum Gasteiger partial charge on any atom is 0.320 e. The van der Waals surface area contributed by atoms with Crippen molar-refractivity contribution >= 4 is 5.97 Å². The lowest BCUT2D eigenvalue weighted by Gasteiger charge is -2.21.